The molecule has 0 unspecified atom stereocenters. The van der Waals surface area contributed by atoms with Gasteiger partial charge in [0.2, 0.25) is 0 Å². The van der Waals surface area contributed by atoms with E-state index in [4.69, 9.17) is 4.74 Å². The molecule has 0 radical (unpaired) electrons. The van der Waals surface area contributed by atoms with Crippen molar-refractivity contribution in [2.45, 2.75) is 110 Å². The van der Waals surface area contributed by atoms with E-state index in [-0.39, 0.29) is 158 Å². The van der Waals surface area contributed by atoms with Crippen LogP contribution >= 0.6 is 0 Å². The fraction of sp³-hybridized carbons (Fsp3) is 0.208. The van der Waals surface area contributed by atoms with Gasteiger partial charge >= 0.3 is 6.18 Å². The summed E-state index contributed by atoms with van der Waals surface area (Å²) in [5.41, 5.74) is 5.27. The molecule has 12 rings (SSSR count). The number of carbonyl (C=O) groups is 12. The Morgan fingerprint density at radius 2 is 0.615 bits per heavy atom. The average Bonchev–Trinajstić information content (AvgIpc) is 0.812. The predicted molar refractivity (Wildman–Crippen MR) is 450 cm³/mol. The molecule has 0 saturated carbocycles. The number of aryl methyl sites for hydroxylation is 2. The van der Waals surface area contributed by atoms with Crippen LogP contribution in [-0.2, 0) is 19.1 Å². The first-order valence-electron chi connectivity index (χ1n) is 38.7. The van der Waals surface area contributed by atoms with Crippen LogP contribution in [-0.4, -0.2) is 135 Å². The minimum Gasteiger partial charge on any atom is -0.494 e. The largest absolute Gasteiger partial charge is 0.494 e. The number of benzene rings is 6. The molecule has 0 aliphatic heterocycles. The number of pyridine rings is 4. The average molecular weight is 1650 g/mol. The maximum Gasteiger partial charge on any atom is 0.418 e. The van der Waals surface area contributed by atoms with E-state index < -0.39 is 34.8 Å². The Morgan fingerprint density at radius 3 is 1.01 bits per heavy atom. The van der Waals surface area contributed by atoms with Crippen LogP contribution in [0.25, 0.3) is 0 Å². The number of rotatable bonds is 34. The molecule has 6 aromatic heterocycles. The summed E-state index contributed by atoms with van der Waals surface area (Å²) in [6.07, 6.45) is 8.74. The third-order valence-electron chi connectivity index (χ3n) is 17.9. The third kappa shape index (κ3) is 31.5. The van der Waals surface area contributed by atoms with Crippen LogP contribution in [0.3, 0.4) is 0 Å². The predicted octanol–water partition coefficient (Wildman–Crippen LogP) is 18.5. The van der Waals surface area contributed by atoms with Gasteiger partial charge in [-0.05, 0) is 98.7 Å². The minimum atomic E-state index is -4.65. The highest BCUT2D eigenvalue weighted by atomic mass is 19.4. The maximum atomic E-state index is 13.3. The van der Waals surface area contributed by atoms with E-state index in [9.17, 15) is 75.1 Å². The molecule has 0 saturated heterocycles. The summed E-state index contributed by atoms with van der Waals surface area (Å²) in [6.45, 7) is 4.55. The van der Waals surface area contributed by atoms with Gasteiger partial charge < -0.3 is 9.64 Å². The second kappa shape index (κ2) is 50.4. The number of halogens is 4. The lowest BCUT2D eigenvalue weighted by atomic mass is 9.98. The zero-order chi connectivity index (χ0) is 88.2. The molecule has 0 aliphatic carbocycles. The fourth-order valence-corrected chi connectivity index (χ4v) is 11.6. The second-order valence-electron chi connectivity index (χ2n) is 27.0. The Morgan fingerprint density at radius 1 is 0.311 bits per heavy atom. The lowest BCUT2D eigenvalue weighted by Crippen LogP contribution is -2.15. The molecule has 22 nitrogen and oxygen atoms in total. The van der Waals surface area contributed by atoms with E-state index in [2.05, 4.69) is 39.9 Å². The van der Waals surface area contributed by atoms with Crippen molar-refractivity contribution in [3.63, 3.8) is 0 Å². The first kappa shape index (κ1) is 94.7. The number of carbonyl (C=O) groups excluding carboxylic acids is 12. The van der Waals surface area contributed by atoms with Gasteiger partial charge in [0.25, 0.3) is 0 Å². The number of Topliss-reactive ketones (excluding diaryl/α,β-unsaturated/α-hetero) is 12. The number of hydrogen-bond acceptors (Lipinski definition) is 22. The van der Waals surface area contributed by atoms with Crippen LogP contribution in [0.2, 0.25) is 0 Å². The molecule has 6 aromatic carbocycles. The van der Waals surface area contributed by atoms with Gasteiger partial charge in [-0.25, -0.2) is 29.3 Å². The first-order chi connectivity index (χ1) is 58.8. The highest BCUT2D eigenvalue weighted by Crippen LogP contribution is 2.32. The van der Waals surface area contributed by atoms with Crippen molar-refractivity contribution in [3.8, 4) is 5.75 Å². The molecule has 0 aliphatic rings. The minimum absolute atomic E-state index is 0.00766. The molecule has 6 heterocycles. The first-order valence-corrected chi connectivity index (χ1v) is 38.7. The lowest BCUT2D eigenvalue weighted by Gasteiger charge is -2.13. The highest BCUT2D eigenvalue weighted by Gasteiger charge is 2.36. The second-order valence-corrected chi connectivity index (χ2v) is 27.0. The maximum absolute atomic E-state index is 13.3. The molecule has 0 bridgehead atoms. The van der Waals surface area contributed by atoms with Crippen molar-refractivity contribution in [1.29, 1.82) is 0 Å². The molecule has 624 valence electrons. The van der Waals surface area contributed by atoms with Crippen LogP contribution in [0.4, 0.5) is 17.6 Å². The number of ether oxygens (including phenoxy) is 1. The Balaban J connectivity index is 0.000000202. The van der Waals surface area contributed by atoms with Gasteiger partial charge in [0, 0.05) is 167 Å². The van der Waals surface area contributed by atoms with Gasteiger partial charge in [0.1, 0.15) is 28.5 Å². The third-order valence-corrected chi connectivity index (χ3v) is 17.9. The molecular formula is C96H89F4N9O13. The highest BCUT2D eigenvalue weighted by molar-refractivity contribution is 6.06. The summed E-state index contributed by atoms with van der Waals surface area (Å²) in [7, 11) is 5.40. The molecule has 12 aromatic rings. The van der Waals surface area contributed by atoms with Crippen molar-refractivity contribution in [2.75, 3.05) is 21.2 Å². The van der Waals surface area contributed by atoms with Gasteiger partial charge in [-0.2, -0.15) is 13.2 Å². The molecule has 0 N–H and O–H groups in total. The van der Waals surface area contributed by atoms with Crippen molar-refractivity contribution >= 4 is 69.4 Å². The van der Waals surface area contributed by atoms with Crippen molar-refractivity contribution in [1.82, 2.24) is 44.8 Å². The fourth-order valence-electron chi connectivity index (χ4n) is 11.6. The Labute approximate surface area is 703 Å². The Bertz CT molecular complexity index is 5280. The normalized spacial score (nSPS) is 10.4. The number of alkyl halides is 3. The van der Waals surface area contributed by atoms with Crippen molar-refractivity contribution < 1.29 is 79.8 Å². The van der Waals surface area contributed by atoms with Crippen molar-refractivity contribution in [2.24, 2.45) is 0 Å². The van der Waals surface area contributed by atoms with Crippen LogP contribution in [0.15, 0.2) is 280 Å². The number of nitrogens with zero attached hydrogens (tertiary/aromatic N) is 9. The van der Waals surface area contributed by atoms with Crippen LogP contribution in [0.5, 0.6) is 5.75 Å². The molecule has 0 atom stereocenters. The van der Waals surface area contributed by atoms with Gasteiger partial charge in [-0.15, -0.1) is 0 Å². The molecule has 122 heavy (non-hydrogen) atoms. The molecule has 0 spiro atoms. The molecular weight excluding hydrogens is 1560 g/mol. The van der Waals surface area contributed by atoms with E-state index >= 15 is 0 Å². The monoisotopic (exact) mass is 1650 g/mol. The topological polar surface area (TPSA) is 320 Å². The number of methoxy groups -OCH3 is 1. The Kier molecular flexibility index (Phi) is 39.1. The summed E-state index contributed by atoms with van der Waals surface area (Å²) >= 11 is 0. The van der Waals surface area contributed by atoms with Gasteiger partial charge in [-0.1, -0.05) is 183 Å². The summed E-state index contributed by atoms with van der Waals surface area (Å²) < 4.78 is 56.8. The zero-order valence-corrected chi connectivity index (χ0v) is 67.8. The quantitative estimate of drug-likeness (QED) is 0.0267. The Hall–Kier alpha value is -14.4. The summed E-state index contributed by atoms with van der Waals surface area (Å²) in [5.74, 6) is -2.33. The SMILES string of the molecule is CCc1ccccc1C(=O)CCC(=O)c1ncccn1.CN(C)Cc1ccccc1C(=O)CCC(=O)c1ncccn1.COc1cccnc1C(=O)CCC(=O)c1ccccc1.Cc1cccnc1C(=O)CCC(=O)c1ccccc1.O=C(CCC(=O)c1ncccc1C(F)(F)F)c1ccccc1.O=C(CCC(=O)c1ncccc1F)c1ccccc1. The summed E-state index contributed by atoms with van der Waals surface area (Å²) in [6, 6.07) is 64.8. The van der Waals surface area contributed by atoms with E-state index in [0.717, 1.165) is 41.4 Å². The van der Waals surface area contributed by atoms with Crippen molar-refractivity contribution in [3.05, 3.63) is 376 Å². The van der Waals surface area contributed by atoms with E-state index in [1.165, 1.54) is 56.4 Å². The van der Waals surface area contributed by atoms with Crippen LogP contribution < -0.4 is 4.74 Å². The zero-order valence-electron chi connectivity index (χ0n) is 67.8. The molecule has 0 amide bonds. The number of aromatic nitrogens is 8. The molecule has 26 heteroatoms. The summed E-state index contributed by atoms with van der Waals surface area (Å²) in [4.78, 5) is 176. The van der Waals surface area contributed by atoms with Crippen LogP contribution in [0, 0.1) is 12.7 Å². The molecule has 0 fully saturated rings. The standard InChI is InChI=1S/C17H19N3O2.C16H12F3NO2.C16H16N2O2.C16H15NO3.C16H15NO2.C15H12FNO2/c1-20(2)12-13-6-3-4-7-14(13)15(21)8-9-16(22)17-18-10-5-11-19-17;17-16(18,19)12-7-4-10-20-15(12)14(22)9-8-13(21)11-5-2-1-3-6-11;1-2-12-6-3-4-7-13(12)14(19)8-9-15(20)16-17-10-5-11-18-16;1-20-15-8-5-11-17-16(15)14(19)10-9-13(18)12-6-3-2-4-7-12;1-12-6-5-11-17-16(12)15(19)10-9-14(18)13-7-3-2-4-8-13;16-12-7-4-10-17-15(12)14(19)9-8-13(18)11-5-2-1-3-6-11/h3-7,10-11H,8-9,12H2,1-2H3;1-7,10H,8-9H2;3-7,10-11H,2,8-9H2,1H3;2-8,11H,9-10H2,1H3;2-8,11H,9-10H2,1H3;1-7,10H,8-9H2. The smallest absolute Gasteiger partial charge is 0.418 e. The summed E-state index contributed by atoms with van der Waals surface area (Å²) in [5, 5.41) is 0. The van der Waals surface area contributed by atoms with E-state index in [1.54, 1.807) is 128 Å². The number of ketones is 12. The van der Waals surface area contributed by atoms with E-state index in [0.29, 0.717) is 51.4 Å². The van der Waals surface area contributed by atoms with Gasteiger partial charge in [-0.3, -0.25) is 72.5 Å². The van der Waals surface area contributed by atoms with E-state index in [1.807, 2.05) is 118 Å². The number of hydrogen-bond donors (Lipinski definition) is 0. The lowest BCUT2D eigenvalue weighted by molar-refractivity contribution is -0.138. The van der Waals surface area contributed by atoms with Gasteiger partial charge in [0.15, 0.2) is 86.9 Å². The van der Waals surface area contributed by atoms with Crippen LogP contribution in [0.1, 0.15) is 232 Å². The van der Waals surface area contributed by atoms with Gasteiger partial charge in [0.05, 0.1) is 12.7 Å².